The molecule has 1 aromatic carbocycles. The summed E-state index contributed by atoms with van der Waals surface area (Å²) >= 11 is 1.48. The van der Waals surface area contributed by atoms with Crippen molar-refractivity contribution in [2.24, 2.45) is 11.7 Å². The van der Waals surface area contributed by atoms with Gasteiger partial charge in [-0.15, -0.1) is 0 Å². The van der Waals surface area contributed by atoms with E-state index in [0.717, 1.165) is 4.90 Å². The maximum absolute atomic E-state index is 14.7. The van der Waals surface area contributed by atoms with E-state index in [0.29, 0.717) is 43.4 Å². The number of carboxylic acid groups (broad SMARTS) is 2. The van der Waals surface area contributed by atoms with Crippen molar-refractivity contribution in [2.75, 3.05) is 38.2 Å². The Labute approximate surface area is 451 Å². The van der Waals surface area contributed by atoms with Crippen LogP contribution in [-0.4, -0.2) is 210 Å². The number of thioether (sulfide) groups is 1. The lowest BCUT2D eigenvalue weighted by Gasteiger charge is -2.34. The van der Waals surface area contributed by atoms with E-state index >= 15 is 0 Å². The Morgan fingerprint density at radius 1 is 0.610 bits per heavy atom. The minimum atomic E-state index is -1.63. The molecule has 0 radical (unpaired) electrons. The smallest absolute Gasteiger partial charge is 0.326 e. The third-order valence-electron chi connectivity index (χ3n) is 14.6. The summed E-state index contributed by atoms with van der Waals surface area (Å²) in [7, 11) is 0. The van der Waals surface area contributed by atoms with Crippen LogP contribution in [0.3, 0.4) is 0 Å². The van der Waals surface area contributed by atoms with Gasteiger partial charge in [-0.05, 0) is 114 Å². The molecular formula is C51H76N10O15S. The Bertz CT molecular complexity index is 2340. The highest BCUT2D eigenvalue weighted by atomic mass is 32.2. The first-order chi connectivity index (χ1) is 36.4. The molecule has 0 aliphatic carbocycles. The number of amides is 9. The van der Waals surface area contributed by atoms with Crippen molar-refractivity contribution in [3.05, 3.63) is 29.8 Å². The van der Waals surface area contributed by atoms with Crippen LogP contribution in [0.1, 0.15) is 104 Å². The van der Waals surface area contributed by atoms with E-state index < -0.39 is 144 Å². The molecule has 4 saturated heterocycles. The lowest BCUT2D eigenvalue weighted by atomic mass is 10.0. The van der Waals surface area contributed by atoms with E-state index in [1.807, 2.05) is 6.26 Å². The molecule has 0 unspecified atom stereocenters. The Hall–Kier alpha value is -6.54. The van der Waals surface area contributed by atoms with Gasteiger partial charge in [0, 0.05) is 39.0 Å². The van der Waals surface area contributed by atoms with Crippen LogP contribution in [0, 0.1) is 5.92 Å². The number of likely N-dealkylation sites (tertiary alicyclic amines) is 4. The van der Waals surface area contributed by atoms with E-state index in [2.05, 4.69) is 26.6 Å². The van der Waals surface area contributed by atoms with E-state index in [4.69, 9.17) is 5.73 Å². The summed E-state index contributed by atoms with van der Waals surface area (Å²) in [6.07, 6.45) is 1.78. The maximum Gasteiger partial charge on any atom is 0.326 e. The lowest BCUT2D eigenvalue weighted by molar-refractivity contribution is -0.149. The molecule has 426 valence electrons. The SMILES string of the molecule is CSCC[C@H](NC(=O)[C@@H](N)C(C)C)C(=O)N1CCC[C@H]1C(=O)N1CCC[C@H]1C(=O)N[C@@H](CCC(=O)O)C(=O)N[C@@H](Cc1ccc(O)cc1)C(=O)N1CCC[C@H]1C(=O)N[C@H](C(=O)N[C@@H](C)C(=O)N1CCC[C@H]1C(=O)O)[C@@H](C)O. The molecule has 9 amide bonds. The predicted molar refractivity (Wildman–Crippen MR) is 278 cm³/mol. The number of hydrogen-bond acceptors (Lipinski definition) is 15. The number of phenols is 1. The second-order valence-electron chi connectivity index (χ2n) is 20.6. The van der Waals surface area contributed by atoms with Gasteiger partial charge in [-0.1, -0.05) is 26.0 Å². The van der Waals surface area contributed by atoms with Gasteiger partial charge in [0.15, 0.2) is 0 Å². The highest BCUT2D eigenvalue weighted by molar-refractivity contribution is 7.98. The van der Waals surface area contributed by atoms with Crippen LogP contribution in [0.5, 0.6) is 5.75 Å². The van der Waals surface area contributed by atoms with Crippen LogP contribution < -0.4 is 32.3 Å². The molecular weight excluding hydrogens is 1020 g/mol. The molecule has 0 bridgehead atoms. The summed E-state index contributed by atoms with van der Waals surface area (Å²) < 4.78 is 0. The van der Waals surface area contributed by atoms with Crippen molar-refractivity contribution in [3.63, 3.8) is 0 Å². The van der Waals surface area contributed by atoms with Crippen LogP contribution >= 0.6 is 11.8 Å². The summed E-state index contributed by atoms with van der Waals surface area (Å²) in [6, 6.07) is -6.39. The Kier molecular flexibility index (Phi) is 22.4. The molecule has 11 atom stereocenters. The van der Waals surface area contributed by atoms with Crippen LogP contribution in [0.25, 0.3) is 0 Å². The summed E-state index contributed by atoms with van der Waals surface area (Å²) in [4.78, 5) is 154. The van der Waals surface area contributed by atoms with Crippen molar-refractivity contribution in [1.82, 2.24) is 46.2 Å². The fourth-order valence-corrected chi connectivity index (χ4v) is 10.7. The molecule has 25 nitrogen and oxygen atoms in total. The lowest BCUT2D eigenvalue weighted by Crippen LogP contribution is -2.61. The number of carboxylic acids is 2. The second-order valence-corrected chi connectivity index (χ2v) is 21.6. The first-order valence-corrected chi connectivity index (χ1v) is 27.7. The minimum Gasteiger partial charge on any atom is -0.508 e. The van der Waals surface area contributed by atoms with Crippen LogP contribution in [0.4, 0.5) is 0 Å². The van der Waals surface area contributed by atoms with Crippen LogP contribution in [0.15, 0.2) is 24.3 Å². The van der Waals surface area contributed by atoms with E-state index in [-0.39, 0.29) is 70.0 Å². The summed E-state index contributed by atoms with van der Waals surface area (Å²) in [5.41, 5.74) is 6.54. The quantitative estimate of drug-likeness (QED) is 0.0528. The molecule has 77 heavy (non-hydrogen) atoms. The second kappa shape index (κ2) is 28.2. The fourth-order valence-electron chi connectivity index (χ4n) is 10.2. The topological polar surface area (TPSA) is 368 Å². The number of carbonyl (C=O) groups is 11. The van der Waals surface area contributed by atoms with Crippen molar-refractivity contribution < 1.29 is 73.2 Å². The van der Waals surface area contributed by atoms with E-state index in [1.54, 1.807) is 13.8 Å². The maximum atomic E-state index is 14.7. The third-order valence-corrected chi connectivity index (χ3v) is 15.3. The molecule has 4 heterocycles. The van der Waals surface area contributed by atoms with Gasteiger partial charge in [0.05, 0.1) is 12.1 Å². The number of hydrogen-bond donors (Lipinski definition) is 10. The summed E-state index contributed by atoms with van der Waals surface area (Å²) in [5.74, 6) is -8.70. The van der Waals surface area contributed by atoms with Gasteiger partial charge < -0.3 is 72.3 Å². The number of benzene rings is 1. The van der Waals surface area contributed by atoms with Crippen molar-refractivity contribution in [2.45, 2.75) is 171 Å². The largest absolute Gasteiger partial charge is 0.508 e. The number of aliphatic carboxylic acids is 2. The normalized spacial score (nSPS) is 22.0. The fraction of sp³-hybridized carbons (Fsp3) is 0.667. The molecule has 5 rings (SSSR count). The van der Waals surface area contributed by atoms with Gasteiger partial charge in [0.1, 0.15) is 60.1 Å². The van der Waals surface area contributed by atoms with Crippen molar-refractivity contribution in [1.29, 1.82) is 0 Å². The minimum absolute atomic E-state index is 0.00463. The molecule has 26 heteroatoms. The average molecular weight is 1100 g/mol. The van der Waals surface area contributed by atoms with Crippen molar-refractivity contribution in [3.8, 4) is 5.75 Å². The van der Waals surface area contributed by atoms with Gasteiger partial charge in [-0.2, -0.15) is 11.8 Å². The van der Waals surface area contributed by atoms with E-state index in [9.17, 15) is 73.2 Å². The molecule has 4 aliphatic rings. The molecule has 4 fully saturated rings. The number of carbonyl (C=O) groups excluding carboxylic acids is 9. The number of nitrogens with two attached hydrogens (primary N) is 1. The van der Waals surface area contributed by atoms with Crippen molar-refractivity contribution >= 4 is 76.9 Å². The van der Waals surface area contributed by atoms with Crippen LogP contribution in [0.2, 0.25) is 0 Å². The number of phenolic OH excluding ortho intramolecular Hbond substituents is 1. The van der Waals surface area contributed by atoms with Gasteiger partial charge in [0.25, 0.3) is 0 Å². The monoisotopic (exact) mass is 1100 g/mol. The van der Waals surface area contributed by atoms with Gasteiger partial charge >= 0.3 is 11.9 Å². The van der Waals surface area contributed by atoms with Gasteiger partial charge in [-0.25, -0.2) is 4.79 Å². The summed E-state index contributed by atoms with van der Waals surface area (Å²) in [5, 5.41) is 52.9. The van der Waals surface area contributed by atoms with Gasteiger partial charge in [0.2, 0.25) is 53.2 Å². The molecule has 0 aromatic heterocycles. The Balaban J connectivity index is 1.31. The number of aliphatic hydroxyl groups is 1. The first-order valence-electron chi connectivity index (χ1n) is 26.3. The standard InChI is InChI=1S/C51H76N10O15S/c1-27(2)40(52)45(69)55-33(20-25-77-5)48(72)60-23-8-12-37(60)50(74)59-22-7-10-35(59)43(67)54-32(18-19-39(64)65)42(66)56-34(26-30-14-16-31(63)17-15-30)49(73)58-21-6-11-36(58)44(68)57-41(29(4)62)46(70)53-28(3)47(71)61-24-9-13-38(61)51(75)76/h14-17,27-29,32-38,40-41,62-63H,6-13,18-26,52H2,1-5H3,(H,53,70)(H,54,67)(H,55,69)(H,56,66)(H,57,68)(H,64,65)(H,75,76)/t28-,29+,32-,33-,34-,35-,36-,37-,38-,40-,41-/m0/s1. The highest BCUT2D eigenvalue weighted by Crippen LogP contribution is 2.27. The molecule has 4 aliphatic heterocycles. The van der Waals surface area contributed by atoms with E-state index in [1.165, 1.54) is 64.6 Å². The number of aromatic hydroxyl groups is 1. The number of nitrogens with one attached hydrogen (secondary N) is 5. The van der Waals surface area contributed by atoms with Crippen LogP contribution in [-0.2, 0) is 59.2 Å². The molecule has 1 aromatic rings. The summed E-state index contributed by atoms with van der Waals surface area (Å²) in [6.45, 7) is 6.67. The highest BCUT2D eigenvalue weighted by Gasteiger charge is 2.46. The number of nitrogens with zero attached hydrogens (tertiary/aromatic N) is 4. The predicted octanol–water partition coefficient (Wildman–Crippen LogP) is -1.59. The average Bonchev–Trinajstić information content (AvgIpc) is 4.25. The van der Waals surface area contributed by atoms with Gasteiger partial charge in [-0.3, -0.25) is 47.9 Å². The number of aliphatic hydroxyl groups excluding tert-OH is 1. The zero-order valence-electron chi connectivity index (χ0n) is 44.3. The Morgan fingerprint density at radius 3 is 1.68 bits per heavy atom. The third kappa shape index (κ3) is 16.0. The molecule has 0 spiro atoms. The Morgan fingerprint density at radius 2 is 1.12 bits per heavy atom. The molecule has 0 saturated carbocycles. The zero-order chi connectivity index (χ0) is 56.8. The first kappa shape index (κ1) is 61.3. The zero-order valence-corrected chi connectivity index (χ0v) is 45.1. The number of rotatable bonds is 25. The molecule has 11 N–H and O–H groups in total.